The number of rotatable bonds is 7. The van der Waals surface area contributed by atoms with Gasteiger partial charge in [-0.1, -0.05) is 17.7 Å². The van der Waals surface area contributed by atoms with Gasteiger partial charge in [0, 0.05) is 36.5 Å². The van der Waals surface area contributed by atoms with Crippen LogP contribution >= 0.6 is 22.9 Å². The van der Waals surface area contributed by atoms with Gasteiger partial charge in [0.05, 0.1) is 6.42 Å². The number of carbonyl (C=O) groups excluding carboxylic acids is 2. The second-order valence-corrected chi connectivity index (χ2v) is 9.35. The van der Waals surface area contributed by atoms with Crippen molar-refractivity contribution in [3.63, 3.8) is 0 Å². The molecule has 3 aromatic rings. The maximum atomic E-state index is 13.0. The van der Waals surface area contributed by atoms with Gasteiger partial charge in [0.15, 0.2) is 6.10 Å². The first-order valence-corrected chi connectivity index (χ1v) is 12.2. The molecule has 0 spiro atoms. The van der Waals surface area contributed by atoms with Crippen LogP contribution in [0.4, 0.5) is 0 Å². The first kappa shape index (κ1) is 23.3. The first-order valence-electron chi connectivity index (χ1n) is 10.9. The lowest BCUT2D eigenvalue weighted by molar-refractivity contribution is -0.138. The lowest BCUT2D eigenvalue weighted by atomic mass is 9.94. The third-order valence-electron chi connectivity index (χ3n) is 5.77. The Balaban J connectivity index is 1.40. The standard InChI is InChI=1S/C25H26ClN3O3S/c1-16-23(13-28-24(30)10-18-7-9-33-15-18)22-6-8-29(14-19(22)12-27-16)25(31)17(2)32-21-5-3-4-20(26)11-21/h3-5,7,9,11-12,15,17H,6,8,10,13-14H2,1-2H3,(H,28,30). The summed E-state index contributed by atoms with van der Waals surface area (Å²) in [5.74, 6) is 0.482. The molecule has 0 fully saturated rings. The van der Waals surface area contributed by atoms with Crippen LogP contribution in [0, 0.1) is 6.92 Å². The van der Waals surface area contributed by atoms with E-state index in [1.807, 2.05) is 29.9 Å². The van der Waals surface area contributed by atoms with Gasteiger partial charge in [-0.3, -0.25) is 14.6 Å². The Morgan fingerprint density at radius 2 is 2.18 bits per heavy atom. The minimum Gasteiger partial charge on any atom is -0.481 e. The number of benzene rings is 1. The molecule has 1 aliphatic heterocycles. The Kier molecular flexibility index (Phi) is 7.30. The highest BCUT2D eigenvalue weighted by molar-refractivity contribution is 7.08. The maximum Gasteiger partial charge on any atom is 0.263 e. The molecule has 3 heterocycles. The fourth-order valence-electron chi connectivity index (χ4n) is 4.02. The third kappa shape index (κ3) is 5.72. The molecule has 1 atom stereocenters. The van der Waals surface area contributed by atoms with Crippen molar-refractivity contribution in [2.75, 3.05) is 6.54 Å². The van der Waals surface area contributed by atoms with Gasteiger partial charge in [0.2, 0.25) is 5.91 Å². The maximum absolute atomic E-state index is 13.0. The number of nitrogens with zero attached hydrogens (tertiary/aromatic N) is 2. The molecule has 33 heavy (non-hydrogen) atoms. The molecule has 0 aliphatic carbocycles. The number of amides is 2. The lowest BCUT2D eigenvalue weighted by Gasteiger charge is -2.32. The number of aryl methyl sites for hydroxylation is 1. The Bertz CT molecular complexity index is 1150. The topological polar surface area (TPSA) is 71.5 Å². The third-order valence-corrected chi connectivity index (χ3v) is 6.74. The Morgan fingerprint density at radius 1 is 1.33 bits per heavy atom. The Morgan fingerprint density at radius 3 is 2.94 bits per heavy atom. The van der Waals surface area contributed by atoms with E-state index in [1.165, 1.54) is 5.56 Å². The second-order valence-electron chi connectivity index (χ2n) is 8.14. The number of carbonyl (C=O) groups is 2. The largest absolute Gasteiger partial charge is 0.481 e. The van der Waals surface area contributed by atoms with Gasteiger partial charge in [-0.2, -0.15) is 11.3 Å². The number of ether oxygens (including phenoxy) is 1. The van der Waals surface area contributed by atoms with Crippen molar-refractivity contribution in [2.24, 2.45) is 0 Å². The summed E-state index contributed by atoms with van der Waals surface area (Å²) in [6.45, 7) is 5.21. The van der Waals surface area contributed by atoms with Crippen molar-refractivity contribution >= 4 is 34.8 Å². The molecule has 172 valence electrons. The number of hydrogen-bond donors (Lipinski definition) is 1. The monoisotopic (exact) mass is 483 g/mol. The van der Waals surface area contributed by atoms with E-state index in [1.54, 1.807) is 47.4 Å². The predicted octanol–water partition coefficient (Wildman–Crippen LogP) is 4.32. The molecule has 2 amide bonds. The van der Waals surface area contributed by atoms with E-state index < -0.39 is 6.10 Å². The normalized spacial score (nSPS) is 13.8. The summed E-state index contributed by atoms with van der Waals surface area (Å²) in [7, 11) is 0. The van der Waals surface area contributed by atoms with Gasteiger partial charge < -0.3 is 15.0 Å². The van der Waals surface area contributed by atoms with Gasteiger partial charge in [-0.15, -0.1) is 0 Å². The SMILES string of the molecule is Cc1ncc2c(c1CNC(=O)Cc1ccsc1)CCN(C(=O)C(C)Oc1cccc(Cl)c1)C2. The van der Waals surface area contributed by atoms with Gasteiger partial charge >= 0.3 is 0 Å². The first-order chi connectivity index (χ1) is 15.9. The fourth-order valence-corrected chi connectivity index (χ4v) is 4.87. The van der Waals surface area contributed by atoms with Crippen LogP contribution in [0.3, 0.4) is 0 Å². The van der Waals surface area contributed by atoms with Crippen LogP contribution in [-0.4, -0.2) is 34.3 Å². The lowest BCUT2D eigenvalue weighted by Crippen LogP contribution is -2.43. The summed E-state index contributed by atoms with van der Waals surface area (Å²) >= 11 is 7.60. The van der Waals surface area contributed by atoms with Crippen molar-refractivity contribution < 1.29 is 14.3 Å². The second kappa shape index (κ2) is 10.4. The Labute approximate surface area is 202 Å². The highest BCUT2D eigenvalue weighted by atomic mass is 35.5. The number of pyridine rings is 1. The van der Waals surface area contributed by atoms with Crippen molar-refractivity contribution in [3.05, 3.63) is 80.3 Å². The average molecular weight is 484 g/mol. The van der Waals surface area contributed by atoms with Gasteiger partial charge in [0.25, 0.3) is 5.91 Å². The molecule has 1 N–H and O–H groups in total. The van der Waals surface area contributed by atoms with E-state index in [2.05, 4.69) is 10.3 Å². The van der Waals surface area contributed by atoms with Crippen LogP contribution < -0.4 is 10.1 Å². The van der Waals surface area contributed by atoms with E-state index in [0.29, 0.717) is 43.2 Å². The smallest absolute Gasteiger partial charge is 0.263 e. The van der Waals surface area contributed by atoms with Crippen molar-refractivity contribution in [2.45, 2.75) is 45.9 Å². The summed E-state index contributed by atoms with van der Waals surface area (Å²) in [5.41, 5.74) is 5.15. The Hall–Kier alpha value is -2.90. The quantitative estimate of drug-likeness (QED) is 0.543. The molecule has 0 bridgehead atoms. The molecule has 0 radical (unpaired) electrons. The van der Waals surface area contributed by atoms with Gasteiger partial charge in [0.1, 0.15) is 5.75 Å². The van der Waals surface area contributed by atoms with E-state index in [9.17, 15) is 9.59 Å². The molecular weight excluding hydrogens is 458 g/mol. The molecular formula is C25H26ClN3O3S. The van der Waals surface area contributed by atoms with Crippen LogP contribution in [0.1, 0.15) is 34.9 Å². The molecule has 4 rings (SSSR count). The van der Waals surface area contributed by atoms with E-state index in [0.717, 1.165) is 22.4 Å². The molecule has 0 saturated carbocycles. The molecule has 2 aromatic heterocycles. The summed E-state index contributed by atoms with van der Waals surface area (Å²) < 4.78 is 5.81. The highest BCUT2D eigenvalue weighted by Gasteiger charge is 2.28. The van der Waals surface area contributed by atoms with Crippen molar-refractivity contribution in [1.82, 2.24) is 15.2 Å². The van der Waals surface area contributed by atoms with Crippen LogP contribution in [0.2, 0.25) is 5.02 Å². The summed E-state index contributed by atoms with van der Waals surface area (Å²) in [5, 5.41) is 7.55. The zero-order valence-electron chi connectivity index (χ0n) is 18.6. The molecule has 8 heteroatoms. The molecule has 1 aromatic carbocycles. The van der Waals surface area contributed by atoms with Crippen LogP contribution in [0.15, 0.2) is 47.3 Å². The number of halogens is 1. The minimum atomic E-state index is -0.626. The van der Waals surface area contributed by atoms with Gasteiger partial charge in [-0.25, -0.2) is 0 Å². The molecule has 1 unspecified atom stereocenters. The van der Waals surface area contributed by atoms with Crippen LogP contribution in [-0.2, 0) is 35.5 Å². The van der Waals surface area contributed by atoms with Crippen LogP contribution in [0.25, 0.3) is 0 Å². The molecule has 0 saturated heterocycles. The minimum absolute atomic E-state index is 0.00925. The molecule has 6 nitrogen and oxygen atoms in total. The van der Waals surface area contributed by atoms with E-state index in [-0.39, 0.29) is 11.8 Å². The number of hydrogen-bond acceptors (Lipinski definition) is 5. The number of nitrogens with one attached hydrogen (secondary N) is 1. The van der Waals surface area contributed by atoms with Crippen molar-refractivity contribution in [3.8, 4) is 5.75 Å². The van der Waals surface area contributed by atoms with Gasteiger partial charge in [-0.05, 0) is 77.5 Å². The average Bonchev–Trinajstić information content (AvgIpc) is 3.30. The molecule has 1 aliphatic rings. The predicted molar refractivity (Wildman–Crippen MR) is 130 cm³/mol. The number of fused-ring (bicyclic) bond motifs is 1. The van der Waals surface area contributed by atoms with E-state index in [4.69, 9.17) is 16.3 Å². The number of thiophene rings is 1. The summed E-state index contributed by atoms with van der Waals surface area (Å²) in [6, 6.07) is 9.00. The summed E-state index contributed by atoms with van der Waals surface area (Å²) in [4.78, 5) is 31.7. The number of aromatic nitrogens is 1. The van der Waals surface area contributed by atoms with Crippen LogP contribution in [0.5, 0.6) is 5.75 Å². The zero-order valence-corrected chi connectivity index (χ0v) is 20.2. The zero-order chi connectivity index (χ0) is 23.4. The van der Waals surface area contributed by atoms with E-state index >= 15 is 0 Å². The van der Waals surface area contributed by atoms with Crippen molar-refractivity contribution in [1.29, 1.82) is 0 Å². The fraction of sp³-hybridized carbons (Fsp3) is 0.320. The highest BCUT2D eigenvalue weighted by Crippen LogP contribution is 2.25. The summed E-state index contributed by atoms with van der Waals surface area (Å²) in [6.07, 6.45) is 2.30.